The molecule has 0 saturated carbocycles. The number of nitrogens with two attached hydrogens (primary N) is 1. The molecule has 1 aliphatic heterocycles. The predicted molar refractivity (Wildman–Crippen MR) is 73.6 cm³/mol. The molecule has 96 valence electrons. The molecule has 1 aromatic heterocycles. The van der Waals surface area contributed by atoms with Crippen molar-refractivity contribution in [3.05, 3.63) is 35.5 Å². The fraction of sp³-hybridized carbons (Fsp3) is 0.214. The minimum absolute atomic E-state index is 0.0716. The Hall–Kier alpha value is -2.43. The first kappa shape index (κ1) is 11.6. The number of nitrogen functional groups attached to an aromatic ring is 1. The van der Waals surface area contributed by atoms with Gasteiger partial charge in [0.25, 0.3) is 0 Å². The van der Waals surface area contributed by atoms with Gasteiger partial charge in [-0.05, 0) is 37.1 Å². The Morgan fingerprint density at radius 3 is 2.84 bits per heavy atom. The Morgan fingerprint density at radius 2 is 2.05 bits per heavy atom. The lowest BCUT2D eigenvalue weighted by atomic mass is 9.99. The highest BCUT2D eigenvalue weighted by Crippen LogP contribution is 2.28. The normalized spacial score (nSPS) is 13.8. The van der Waals surface area contributed by atoms with Gasteiger partial charge >= 0.3 is 0 Å². The molecule has 19 heavy (non-hydrogen) atoms. The van der Waals surface area contributed by atoms with Crippen molar-refractivity contribution in [2.24, 2.45) is 0 Å². The van der Waals surface area contributed by atoms with E-state index < -0.39 is 0 Å². The number of fused-ring (bicyclic) bond motifs is 1. The number of aryl methyl sites for hydroxylation is 2. The van der Waals surface area contributed by atoms with Crippen LogP contribution in [0.5, 0.6) is 0 Å². The van der Waals surface area contributed by atoms with Gasteiger partial charge in [-0.2, -0.15) is 0 Å². The number of nitrogens with zero attached hydrogens (tertiary/aromatic N) is 2. The summed E-state index contributed by atoms with van der Waals surface area (Å²) in [6.07, 6.45) is 1.29. The van der Waals surface area contributed by atoms with Gasteiger partial charge in [0.15, 0.2) is 0 Å². The average Bonchev–Trinajstić information content (AvgIpc) is 2.37. The van der Waals surface area contributed by atoms with Gasteiger partial charge < -0.3 is 11.1 Å². The minimum atomic E-state index is 0.0716. The molecular weight excluding hydrogens is 240 g/mol. The van der Waals surface area contributed by atoms with Gasteiger partial charge in [-0.25, -0.2) is 9.97 Å². The topological polar surface area (TPSA) is 80.9 Å². The summed E-state index contributed by atoms with van der Waals surface area (Å²) in [7, 11) is 0. The van der Waals surface area contributed by atoms with Crippen molar-refractivity contribution in [3.8, 4) is 11.3 Å². The molecule has 1 amide bonds. The number of aromatic nitrogens is 2. The van der Waals surface area contributed by atoms with Gasteiger partial charge in [0, 0.05) is 23.4 Å². The van der Waals surface area contributed by atoms with Crippen molar-refractivity contribution in [2.75, 3.05) is 11.1 Å². The van der Waals surface area contributed by atoms with E-state index in [4.69, 9.17) is 5.73 Å². The van der Waals surface area contributed by atoms with Crippen LogP contribution in [0.4, 0.5) is 11.6 Å². The standard InChI is InChI=1S/C14H14N4O/c1-8-6-12(18-14(15)16-8)10-2-4-11-9(7-10)3-5-13(19)17-11/h2,4,6-7H,3,5H2,1H3,(H,17,19)(H2,15,16,18). The highest BCUT2D eigenvalue weighted by atomic mass is 16.1. The van der Waals surface area contributed by atoms with E-state index in [1.54, 1.807) is 0 Å². The second kappa shape index (κ2) is 4.35. The Morgan fingerprint density at radius 1 is 1.21 bits per heavy atom. The number of nitrogens with one attached hydrogen (secondary N) is 1. The fourth-order valence-corrected chi connectivity index (χ4v) is 2.28. The van der Waals surface area contributed by atoms with Gasteiger partial charge in [0.05, 0.1) is 5.69 Å². The van der Waals surface area contributed by atoms with E-state index in [-0.39, 0.29) is 11.9 Å². The Bertz CT molecular complexity index is 646. The quantitative estimate of drug-likeness (QED) is 0.814. The van der Waals surface area contributed by atoms with Crippen LogP contribution in [0.2, 0.25) is 0 Å². The second-order valence-electron chi connectivity index (χ2n) is 4.67. The second-order valence-corrected chi connectivity index (χ2v) is 4.67. The van der Waals surface area contributed by atoms with Crippen LogP contribution < -0.4 is 11.1 Å². The summed E-state index contributed by atoms with van der Waals surface area (Å²) < 4.78 is 0. The van der Waals surface area contributed by atoms with Crippen molar-refractivity contribution in [1.82, 2.24) is 9.97 Å². The Balaban J connectivity index is 2.04. The van der Waals surface area contributed by atoms with E-state index in [1.165, 1.54) is 0 Å². The third-order valence-electron chi connectivity index (χ3n) is 3.17. The third-order valence-corrected chi connectivity index (χ3v) is 3.17. The molecule has 0 saturated heterocycles. The van der Waals surface area contributed by atoms with Crippen LogP contribution in [0.3, 0.4) is 0 Å². The third kappa shape index (κ3) is 2.27. The van der Waals surface area contributed by atoms with E-state index >= 15 is 0 Å². The minimum Gasteiger partial charge on any atom is -0.368 e. The molecule has 0 atom stereocenters. The van der Waals surface area contributed by atoms with Crippen molar-refractivity contribution >= 4 is 17.5 Å². The van der Waals surface area contributed by atoms with Crippen LogP contribution in [0.15, 0.2) is 24.3 Å². The molecule has 1 aliphatic rings. The number of benzene rings is 1. The van der Waals surface area contributed by atoms with Crippen LogP contribution in [-0.4, -0.2) is 15.9 Å². The highest BCUT2D eigenvalue weighted by Gasteiger charge is 2.15. The molecule has 0 bridgehead atoms. The first-order valence-corrected chi connectivity index (χ1v) is 6.16. The van der Waals surface area contributed by atoms with E-state index in [1.807, 2.05) is 25.1 Å². The maximum absolute atomic E-state index is 11.3. The van der Waals surface area contributed by atoms with Crippen molar-refractivity contribution in [1.29, 1.82) is 0 Å². The van der Waals surface area contributed by atoms with Crippen molar-refractivity contribution in [2.45, 2.75) is 19.8 Å². The van der Waals surface area contributed by atoms with E-state index in [0.717, 1.165) is 34.6 Å². The van der Waals surface area contributed by atoms with Crippen LogP contribution >= 0.6 is 0 Å². The number of carbonyl (C=O) groups excluding carboxylic acids is 1. The summed E-state index contributed by atoms with van der Waals surface area (Å²) in [5.41, 5.74) is 10.3. The molecule has 3 N–H and O–H groups in total. The summed E-state index contributed by atoms with van der Waals surface area (Å²) in [5.74, 6) is 0.350. The zero-order valence-electron chi connectivity index (χ0n) is 10.6. The van der Waals surface area contributed by atoms with Crippen LogP contribution in [-0.2, 0) is 11.2 Å². The maximum atomic E-state index is 11.3. The molecule has 1 aromatic carbocycles. The van der Waals surface area contributed by atoms with Gasteiger partial charge in [0.1, 0.15) is 0 Å². The van der Waals surface area contributed by atoms with Gasteiger partial charge in [-0.15, -0.1) is 0 Å². The first-order chi connectivity index (χ1) is 9.11. The zero-order chi connectivity index (χ0) is 13.4. The monoisotopic (exact) mass is 254 g/mol. The lowest BCUT2D eigenvalue weighted by Crippen LogP contribution is -2.18. The van der Waals surface area contributed by atoms with Gasteiger partial charge in [-0.3, -0.25) is 4.79 Å². The lowest BCUT2D eigenvalue weighted by Gasteiger charge is -2.17. The molecule has 2 aromatic rings. The van der Waals surface area contributed by atoms with Gasteiger partial charge in [-0.1, -0.05) is 6.07 Å². The average molecular weight is 254 g/mol. The molecule has 3 rings (SSSR count). The molecular formula is C14H14N4O. The van der Waals surface area contributed by atoms with E-state index in [9.17, 15) is 4.79 Å². The summed E-state index contributed by atoms with van der Waals surface area (Å²) in [5, 5.41) is 2.86. The molecule has 0 unspecified atom stereocenters. The number of rotatable bonds is 1. The summed E-state index contributed by atoms with van der Waals surface area (Å²) in [6.45, 7) is 1.89. The molecule has 2 heterocycles. The zero-order valence-corrected chi connectivity index (χ0v) is 10.6. The predicted octanol–water partition coefficient (Wildman–Crippen LogP) is 1.92. The van der Waals surface area contributed by atoms with Crippen molar-refractivity contribution in [3.63, 3.8) is 0 Å². The maximum Gasteiger partial charge on any atom is 0.224 e. The fourth-order valence-electron chi connectivity index (χ4n) is 2.28. The first-order valence-electron chi connectivity index (χ1n) is 6.16. The molecule has 0 fully saturated rings. The number of hydrogen-bond donors (Lipinski definition) is 2. The number of carbonyl (C=O) groups is 1. The van der Waals surface area contributed by atoms with Crippen LogP contribution in [0.1, 0.15) is 17.7 Å². The number of hydrogen-bond acceptors (Lipinski definition) is 4. The molecule has 0 spiro atoms. The van der Waals surface area contributed by atoms with E-state index in [2.05, 4.69) is 21.4 Å². The van der Waals surface area contributed by atoms with Crippen LogP contribution in [0, 0.1) is 6.92 Å². The Kier molecular flexibility index (Phi) is 2.67. The highest BCUT2D eigenvalue weighted by molar-refractivity contribution is 5.94. The molecule has 5 heteroatoms. The molecule has 0 aliphatic carbocycles. The number of amides is 1. The summed E-state index contributed by atoms with van der Waals surface area (Å²) in [6, 6.07) is 7.80. The molecule has 5 nitrogen and oxygen atoms in total. The SMILES string of the molecule is Cc1cc(-c2ccc3c(c2)CCC(=O)N3)nc(N)n1. The summed E-state index contributed by atoms with van der Waals surface area (Å²) >= 11 is 0. The van der Waals surface area contributed by atoms with Crippen LogP contribution in [0.25, 0.3) is 11.3 Å². The smallest absolute Gasteiger partial charge is 0.224 e. The largest absolute Gasteiger partial charge is 0.368 e. The Labute approximate surface area is 110 Å². The summed E-state index contributed by atoms with van der Waals surface area (Å²) in [4.78, 5) is 19.6. The van der Waals surface area contributed by atoms with E-state index in [0.29, 0.717) is 6.42 Å². The molecule has 0 radical (unpaired) electrons. The number of anilines is 2. The van der Waals surface area contributed by atoms with Crippen molar-refractivity contribution < 1.29 is 4.79 Å². The van der Waals surface area contributed by atoms with Gasteiger partial charge in [0.2, 0.25) is 11.9 Å². The lowest BCUT2D eigenvalue weighted by molar-refractivity contribution is -0.116.